The first-order valence-corrected chi connectivity index (χ1v) is 6.08. The van der Waals surface area contributed by atoms with Crippen molar-refractivity contribution in [2.45, 2.75) is 26.7 Å². The minimum Gasteiger partial charge on any atom is -0.506 e. The second-order valence-electron chi connectivity index (χ2n) is 5.00. The SMILES string of the molecule is CC(C)CC(=O)C1=C(O)c2ccccc2CC1=O. The topological polar surface area (TPSA) is 54.4 Å². The molecule has 3 heteroatoms. The van der Waals surface area contributed by atoms with E-state index in [1.807, 2.05) is 19.9 Å². The first kappa shape index (κ1) is 12.6. The Morgan fingerprint density at radius 1 is 1.33 bits per heavy atom. The lowest BCUT2D eigenvalue weighted by Gasteiger charge is -2.18. The fraction of sp³-hybridized carbons (Fsp3) is 0.333. The minimum absolute atomic E-state index is 0.0256. The number of Topliss-reactive ketones (excluding diaryl/α,β-unsaturated/α-hetero) is 2. The van der Waals surface area contributed by atoms with E-state index in [1.54, 1.807) is 18.2 Å². The van der Waals surface area contributed by atoms with Crippen molar-refractivity contribution in [1.29, 1.82) is 0 Å². The third-order valence-electron chi connectivity index (χ3n) is 3.01. The first-order valence-electron chi connectivity index (χ1n) is 6.08. The second-order valence-corrected chi connectivity index (χ2v) is 5.00. The molecule has 0 heterocycles. The molecule has 0 saturated carbocycles. The Morgan fingerprint density at radius 3 is 2.67 bits per heavy atom. The van der Waals surface area contributed by atoms with Crippen molar-refractivity contribution in [3.05, 3.63) is 41.0 Å². The van der Waals surface area contributed by atoms with E-state index in [1.165, 1.54) is 0 Å². The van der Waals surface area contributed by atoms with Crippen LogP contribution in [0, 0.1) is 5.92 Å². The van der Waals surface area contributed by atoms with Crippen LogP contribution in [0.2, 0.25) is 0 Å². The van der Waals surface area contributed by atoms with Crippen LogP contribution in [-0.2, 0) is 16.0 Å². The Hall–Kier alpha value is -1.90. The van der Waals surface area contributed by atoms with Crippen LogP contribution in [0.25, 0.3) is 5.76 Å². The van der Waals surface area contributed by atoms with Gasteiger partial charge in [-0.15, -0.1) is 0 Å². The van der Waals surface area contributed by atoms with Gasteiger partial charge in [0.2, 0.25) is 0 Å². The van der Waals surface area contributed by atoms with Crippen LogP contribution in [0.4, 0.5) is 0 Å². The van der Waals surface area contributed by atoms with E-state index in [9.17, 15) is 14.7 Å². The monoisotopic (exact) mass is 244 g/mol. The molecule has 1 aliphatic rings. The van der Waals surface area contributed by atoms with Crippen LogP contribution in [0.15, 0.2) is 29.8 Å². The number of ketones is 2. The molecule has 0 fully saturated rings. The van der Waals surface area contributed by atoms with Gasteiger partial charge in [0, 0.05) is 18.4 Å². The predicted molar refractivity (Wildman–Crippen MR) is 69.2 cm³/mol. The Balaban J connectivity index is 2.46. The molecule has 1 aromatic carbocycles. The first-order chi connectivity index (χ1) is 8.50. The number of hydrogen-bond donors (Lipinski definition) is 1. The Morgan fingerprint density at radius 2 is 2.00 bits per heavy atom. The molecule has 0 aliphatic heterocycles. The number of aliphatic hydroxyl groups is 1. The van der Waals surface area contributed by atoms with E-state index >= 15 is 0 Å². The van der Waals surface area contributed by atoms with Crippen molar-refractivity contribution < 1.29 is 14.7 Å². The Bertz CT molecular complexity index is 538. The molecule has 2 rings (SSSR count). The third-order valence-corrected chi connectivity index (χ3v) is 3.01. The van der Waals surface area contributed by atoms with Crippen molar-refractivity contribution in [2.24, 2.45) is 5.92 Å². The van der Waals surface area contributed by atoms with Crippen molar-refractivity contribution in [2.75, 3.05) is 0 Å². The summed E-state index contributed by atoms with van der Waals surface area (Å²) in [5.74, 6) is -0.533. The number of allylic oxidation sites excluding steroid dienone is 1. The maximum absolute atomic E-state index is 12.0. The summed E-state index contributed by atoms with van der Waals surface area (Å²) in [6, 6.07) is 7.14. The molecule has 3 nitrogen and oxygen atoms in total. The summed E-state index contributed by atoms with van der Waals surface area (Å²) >= 11 is 0. The van der Waals surface area contributed by atoms with Gasteiger partial charge in [-0.3, -0.25) is 9.59 Å². The molecule has 0 aromatic heterocycles. The van der Waals surface area contributed by atoms with Gasteiger partial charge in [-0.25, -0.2) is 0 Å². The van der Waals surface area contributed by atoms with Gasteiger partial charge in [0.15, 0.2) is 11.6 Å². The zero-order chi connectivity index (χ0) is 13.3. The van der Waals surface area contributed by atoms with Crippen LogP contribution in [-0.4, -0.2) is 16.7 Å². The molecule has 0 radical (unpaired) electrons. The fourth-order valence-corrected chi connectivity index (χ4v) is 2.19. The average Bonchev–Trinajstić information content (AvgIpc) is 2.27. The van der Waals surface area contributed by atoms with Crippen LogP contribution < -0.4 is 0 Å². The molecule has 0 bridgehead atoms. The zero-order valence-corrected chi connectivity index (χ0v) is 10.6. The van der Waals surface area contributed by atoms with Gasteiger partial charge in [0.05, 0.1) is 0 Å². The molecule has 0 spiro atoms. The molecule has 1 aliphatic carbocycles. The molecule has 1 N–H and O–H groups in total. The van der Waals surface area contributed by atoms with Gasteiger partial charge in [-0.05, 0) is 11.5 Å². The van der Waals surface area contributed by atoms with Gasteiger partial charge in [-0.2, -0.15) is 0 Å². The summed E-state index contributed by atoms with van der Waals surface area (Å²) in [7, 11) is 0. The molecule has 0 atom stereocenters. The molecule has 1 aromatic rings. The summed E-state index contributed by atoms with van der Waals surface area (Å²) in [6.45, 7) is 3.83. The van der Waals surface area contributed by atoms with E-state index in [2.05, 4.69) is 0 Å². The summed E-state index contributed by atoms with van der Waals surface area (Å²) in [4.78, 5) is 24.0. The number of aliphatic hydroxyl groups excluding tert-OH is 1. The van der Waals surface area contributed by atoms with Crippen LogP contribution in [0.3, 0.4) is 0 Å². The van der Waals surface area contributed by atoms with Crippen LogP contribution >= 0.6 is 0 Å². The normalized spacial score (nSPS) is 14.9. The van der Waals surface area contributed by atoms with Crippen molar-refractivity contribution >= 4 is 17.3 Å². The smallest absolute Gasteiger partial charge is 0.174 e. The molecule has 94 valence electrons. The zero-order valence-electron chi connectivity index (χ0n) is 10.6. The average molecular weight is 244 g/mol. The Labute approximate surface area is 106 Å². The number of carbonyl (C=O) groups is 2. The summed E-state index contributed by atoms with van der Waals surface area (Å²) < 4.78 is 0. The lowest BCUT2D eigenvalue weighted by molar-refractivity contribution is -0.121. The van der Waals surface area contributed by atoms with Gasteiger partial charge < -0.3 is 5.11 Å². The highest BCUT2D eigenvalue weighted by molar-refractivity contribution is 6.26. The van der Waals surface area contributed by atoms with E-state index in [4.69, 9.17) is 0 Å². The fourth-order valence-electron chi connectivity index (χ4n) is 2.19. The largest absolute Gasteiger partial charge is 0.506 e. The lowest BCUT2D eigenvalue weighted by Crippen LogP contribution is -2.22. The molecular formula is C15H16O3. The van der Waals surface area contributed by atoms with E-state index < -0.39 is 0 Å². The van der Waals surface area contributed by atoms with E-state index in [0.717, 1.165) is 5.56 Å². The number of carbonyl (C=O) groups excluding carboxylic acids is 2. The van der Waals surface area contributed by atoms with E-state index in [-0.39, 0.29) is 41.7 Å². The van der Waals surface area contributed by atoms with Gasteiger partial charge in [0.1, 0.15) is 11.3 Å². The molecular weight excluding hydrogens is 228 g/mol. The molecule has 0 amide bonds. The quantitative estimate of drug-likeness (QED) is 0.832. The highest BCUT2D eigenvalue weighted by Crippen LogP contribution is 2.28. The highest BCUT2D eigenvalue weighted by atomic mass is 16.3. The number of benzene rings is 1. The van der Waals surface area contributed by atoms with Crippen molar-refractivity contribution in [1.82, 2.24) is 0 Å². The third kappa shape index (κ3) is 2.21. The Kier molecular flexibility index (Phi) is 3.32. The molecule has 0 unspecified atom stereocenters. The predicted octanol–water partition coefficient (Wildman–Crippen LogP) is 2.70. The van der Waals surface area contributed by atoms with Crippen LogP contribution in [0.5, 0.6) is 0 Å². The maximum Gasteiger partial charge on any atom is 0.174 e. The van der Waals surface area contributed by atoms with Gasteiger partial charge >= 0.3 is 0 Å². The van der Waals surface area contributed by atoms with Crippen molar-refractivity contribution in [3.63, 3.8) is 0 Å². The number of hydrogen-bond acceptors (Lipinski definition) is 3. The summed E-state index contributed by atoms with van der Waals surface area (Å²) in [5, 5.41) is 10.1. The second kappa shape index (κ2) is 4.77. The molecule has 0 saturated heterocycles. The number of fused-ring (bicyclic) bond motifs is 1. The number of rotatable bonds is 3. The maximum atomic E-state index is 12.0. The lowest BCUT2D eigenvalue weighted by atomic mass is 9.86. The van der Waals surface area contributed by atoms with Gasteiger partial charge in [0.25, 0.3) is 0 Å². The van der Waals surface area contributed by atoms with E-state index in [0.29, 0.717) is 5.56 Å². The standard InChI is InChI=1S/C15H16O3/c1-9(2)7-12(16)14-13(17)8-10-5-3-4-6-11(10)15(14)18/h3-6,9,18H,7-8H2,1-2H3. The minimum atomic E-state index is -0.281. The summed E-state index contributed by atoms with van der Waals surface area (Å²) in [5.41, 5.74) is 1.35. The highest BCUT2D eigenvalue weighted by Gasteiger charge is 2.29. The van der Waals surface area contributed by atoms with Crippen molar-refractivity contribution in [3.8, 4) is 0 Å². The summed E-state index contributed by atoms with van der Waals surface area (Å²) in [6.07, 6.45) is 0.479. The van der Waals surface area contributed by atoms with Crippen LogP contribution in [0.1, 0.15) is 31.4 Å². The van der Waals surface area contributed by atoms with Gasteiger partial charge in [-0.1, -0.05) is 38.1 Å². The molecule has 18 heavy (non-hydrogen) atoms.